The third kappa shape index (κ3) is 4.59. The summed E-state index contributed by atoms with van der Waals surface area (Å²) in [5, 5.41) is 20.4. The minimum atomic E-state index is -5.01. The van der Waals surface area contributed by atoms with Crippen molar-refractivity contribution in [3.05, 3.63) is 38.7 Å². The standard InChI is InChI=1S/C14H16F3N3O6/c15-14(16,17)12(24)18-3-1-2-7-5-20(13(25)19-11(7)23)10-4-8(22)9(6-21)26-10/h1-2,5,8-10,21-22H,3-4,6H2,(H,18,24)(H,19,23,25)/t8?,9-,10-/m0/s1. The second-order valence-electron chi connectivity index (χ2n) is 5.48. The molecule has 1 unspecified atom stereocenters. The molecule has 9 nitrogen and oxygen atoms in total. The molecule has 4 N–H and O–H groups in total. The van der Waals surface area contributed by atoms with E-state index in [0.717, 1.165) is 22.9 Å². The van der Waals surface area contributed by atoms with Crippen LogP contribution in [-0.4, -0.2) is 57.2 Å². The predicted octanol–water partition coefficient (Wildman–Crippen LogP) is -1.13. The number of nitrogens with zero attached hydrogens (tertiary/aromatic N) is 1. The summed E-state index contributed by atoms with van der Waals surface area (Å²) in [7, 11) is 0. The molecular weight excluding hydrogens is 363 g/mol. The Morgan fingerprint density at radius 2 is 2.15 bits per heavy atom. The first-order chi connectivity index (χ1) is 12.1. The van der Waals surface area contributed by atoms with Gasteiger partial charge in [0.1, 0.15) is 12.3 Å². The number of rotatable bonds is 5. The third-order valence-electron chi connectivity index (χ3n) is 3.63. The molecule has 1 aliphatic heterocycles. The summed E-state index contributed by atoms with van der Waals surface area (Å²) < 4.78 is 42.4. The number of aromatic amines is 1. The number of hydrogen-bond acceptors (Lipinski definition) is 6. The van der Waals surface area contributed by atoms with Crippen molar-refractivity contribution in [1.29, 1.82) is 0 Å². The first-order valence-corrected chi connectivity index (χ1v) is 7.45. The lowest BCUT2D eigenvalue weighted by Crippen LogP contribution is -2.36. The van der Waals surface area contributed by atoms with E-state index in [9.17, 15) is 32.7 Å². The zero-order chi connectivity index (χ0) is 19.5. The molecule has 1 aliphatic rings. The average Bonchev–Trinajstić information content (AvgIpc) is 2.92. The molecule has 0 radical (unpaired) electrons. The average molecular weight is 379 g/mol. The SMILES string of the molecule is O=C(NCC=Cc1cn([C@@H]2CC(O)[C@H](CO)O2)c(=O)[nH]c1=O)C(F)(F)F. The molecule has 2 heterocycles. The minimum absolute atomic E-state index is 0.00196. The smallest absolute Gasteiger partial charge is 0.394 e. The van der Waals surface area contributed by atoms with Gasteiger partial charge in [-0.1, -0.05) is 12.2 Å². The Bertz CT molecular complexity index is 800. The fourth-order valence-electron chi connectivity index (χ4n) is 2.32. The summed E-state index contributed by atoms with van der Waals surface area (Å²) in [6.07, 6.45) is -4.48. The van der Waals surface area contributed by atoms with Gasteiger partial charge >= 0.3 is 17.8 Å². The Labute approximate surface area is 143 Å². The van der Waals surface area contributed by atoms with E-state index in [0.29, 0.717) is 0 Å². The number of H-pyrrole nitrogens is 1. The lowest BCUT2D eigenvalue weighted by atomic mass is 10.2. The van der Waals surface area contributed by atoms with Crippen LogP contribution in [0.25, 0.3) is 6.08 Å². The topological polar surface area (TPSA) is 134 Å². The zero-order valence-electron chi connectivity index (χ0n) is 13.2. The fourth-order valence-corrected chi connectivity index (χ4v) is 2.32. The Balaban J connectivity index is 2.13. The van der Waals surface area contributed by atoms with Crippen molar-refractivity contribution in [1.82, 2.24) is 14.9 Å². The summed E-state index contributed by atoms with van der Waals surface area (Å²) >= 11 is 0. The fraction of sp³-hybridized carbons (Fsp3) is 0.500. The molecule has 0 saturated carbocycles. The maximum atomic E-state index is 12.0. The molecule has 2 rings (SSSR count). The molecule has 1 amide bonds. The number of hydrogen-bond donors (Lipinski definition) is 4. The molecule has 0 bridgehead atoms. The van der Waals surface area contributed by atoms with E-state index >= 15 is 0 Å². The molecule has 144 valence electrons. The number of aliphatic hydroxyl groups excluding tert-OH is 2. The molecule has 0 spiro atoms. The van der Waals surface area contributed by atoms with Gasteiger partial charge in [0.25, 0.3) is 5.56 Å². The van der Waals surface area contributed by atoms with Crippen LogP contribution in [0.1, 0.15) is 18.2 Å². The van der Waals surface area contributed by atoms with Crippen LogP contribution in [0, 0.1) is 0 Å². The van der Waals surface area contributed by atoms with Crippen molar-refractivity contribution >= 4 is 12.0 Å². The van der Waals surface area contributed by atoms with Crippen LogP contribution in [0.4, 0.5) is 13.2 Å². The summed E-state index contributed by atoms with van der Waals surface area (Å²) in [6, 6.07) is 0. The normalized spacial score (nSPS) is 23.5. The van der Waals surface area contributed by atoms with Crippen LogP contribution < -0.4 is 16.6 Å². The number of ether oxygens (including phenoxy) is 1. The number of alkyl halides is 3. The lowest BCUT2D eigenvalue weighted by molar-refractivity contribution is -0.173. The van der Waals surface area contributed by atoms with E-state index in [1.54, 1.807) is 5.32 Å². The minimum Gasteiger partial charge on any atom is -0.394 e. The summed E-state index contributed by atoms with van der Waals surface area (Å²) in [5.74, 6) is -2.12. The second-order valence-corrected chi connectivity index (χ2v) is 5.48. The van der Waals surface area contributed by atoms with Crippen LogP contribution in [0.15, 0.2) is 21.9 Å². The number of aromatic nitrogens is 2. The van der Waals surface area contributed by atoms with Gasteiger partial charge < -0.3 is 20.3 Å². The van der Waals surface area contributed by atoms with E-state index in [2.05, 4.69) is 0 Å². The van der Waals surface area contributed by atoms with Gasteiger partial charge in [-0.25, -0.2) is 4.79 Å². The molecule has 1 saturated heterocycles. The number of amides is 1. The molecule has 1 fully saturated rings. The van der Waals surface area contributed by atoms with Crippen LogP contribution in [0.3, 0.4) is 0 Å². The van der Waals surface area contributed by atoms with E-state index in [1.807, 2.05) is 4.98 Å². The molecule has 3 atom stereocenters. The third-order valence-corrected chi connectivity index (χ3v) is 3.63. The summed E-state index contributed by atoms with van der Waals surface area (Å²) in [6.45, 7) is -0.941. The number of nitrogens with one attached hydrogen (secondary N) is 2. The van der Waals surface area contributed by atoms with Crippen molar-refractivity contribution < 1.29 is 32.9 Å². The number of carbonyl (C=O) groups is 1. The first kappa shape index (κ1) is 19.9. The molecule has 1 aromatic heterocycles. The van der Waals surface area contributed by atoms with Gasteiger partial charge in [0.2, 0.25) is 0 Å². The maximum Gasteiger partial charge on any atom is 0.471 e. The number of aliphatic hydroxyl groups is 2. The van der Waals surface area contributed by atoms with E-state index in [4.69, 9.17) is 9.84 Å². The molecule has 0 aliphatic carbocycles. The molecule has 12 heteroatoms. The highest BCUT2D eigenvalue weighted by atomic mass is 19.4. The lowest BCUT2D eigenvalue weighted by Gasteiger charge is -2.14. The van der Waals surface area contributed by atoms with E-state index in [-0.39, 0.29) is 12.0 Å². The van der Waals surface area contributed by atoms with Crippen LogP contribution >= 0.6 is 0 Å². The van der Waals surface area contributed by atoms with Gasteiger partial charge in [0.15, 0.2) is 0 Å². The van der Waals surface area contributed by atoms with Gasteiger partial charge in [-0.05, 0) is 0 Å². The van der Waals surface area contributed by atoms with Crippen molar-refractivity contribution in [2.45, 2.75) is 31.0 Å². The van der Waals surface area contributed by atoms with Gasteiger partial charge in [0.05, 0.1) is 18.3 Å². The Morgan fingerprint density at radius 1 is 1.46 bits per heavy atom. The quantitative estimate of drug-likeness (QED) is 0.512. The monoisotopic (exact) mass is 379 g/mol. The van der Waals surface area contributed by atoms with Crippen molar-refractivity contribution in [2.75, 3.05) is 13.2 Å². The van der Waals surface area contributed by atoms with Crippen molar-refractivity contribution in [3.63, 3.8) is 0 Å². The zero-order valence-corrected chi connectivity index (χ0v) is 13.2. The summed E-state index contributed by atoms with van der Waals surface area (Å²) in [4.78, 5) is 36.3. The second kappa shape index (κ2) is 7.85. The molecule has 1 aromatic rings. The highest BCUT2D eigenvalue weighted by molar-refractivity contribution is 5.81. The molecular formula is C14H16F3N3O6. The van der Waals surface area contributed by atoms with Gasteiger partial charge in [0, 0.05) is 19.2 Å². The van der Waals surface area contributed by atoms with Crippen LogP contribution in [0.2, 0.25) is 0 Å². The maximum absolute atomic E-state index is 12.0. The Kier molecular flexibility index (Phi) is 6.00. The number of halogens is 3. The molecule has 0 aromatic carbocycles. The van der Waals surface area contributed by atoms with Gasteiger partial charge in [-0.3, -0.25) is 19.1 Å². The largest absolute Gasteiger partial charge is 0.471 e. The Morgan fingerprint density at radius 3 is 2.73 bits per heavy atom. The van der Waals surface area contributed by atoms with Crippen molar-refractivity contribution in [3.8, 4) is 0 Å². The van der Waals surface area contributed by atoms with Gasteiger partial charge in [-0.15, -0.1) is 0 Å². The highest BCUT2D eigenvalue weighted by Gasteiger charge is 2.38. The highest BCUT2D eigenvalue weighted by Crippen LogP contribution is 2.27. The van der Waals surface area contributed by atoms with Gasteiger partial charge in [-0.2, -0.15) is 13.2 Å². The number of carbonyl (C=O) groups excluding carboxylic acids is 1. The van der Waals surface area contributed by atoms with E-state index < -0.39 is 54.9 Å². The van der Waals surface area contributed by atoms with Crippen LogP contribution in [-0.2, 0) is 9.53 Å². The van der Waals surface area contributed by atoms with Crippen LogP contribution in [0.5, 0.6) is 0 Å². The van der Waals surface area contributed by atoms with Crippen molar-refractivity contribution in [2.24, 2.45) is 0 Å². The Hall–Kier alpha value is -2.44. The summed E-state index contributed by atoms with van der Waals surface area (Å²) in [5.41, 5.74) is -1.67. The predicted molar refractivity (Wildman–Crippen MR) is 81.0 cm³/mol. The van der Waals surface area contributed by atoms with E-state index in [1.165, 1.54) is 0 Å². The first-order valence-electron chi connectivity index (χ1n) is 7.45. The molecule has 26 heavy (non-hydrogen) atoms.